The summed E-state index contributed by atoms with van der Waals surface area (Å²) in [6, 6.07) is 0. The SMILES string of the molecule is O=C(O)[C@H]1CC[C@@H](C(=O)N2CCC=C(F)C2)O1. The molecule has 1 N–H and O–H groups in total. The van der Waals surface area contributed by atoms with E-state index in [2.05, 4.69) is 0 Å². The van der Waals surface area contributed by atoms with Crippen molar-refractivity contribution in [2.24, 2.45) is 0 Å². The number of hydrogen-bond donors (Lipinski definition) is 1. The van der Waals surface area contributed by atoms with E-state index in [9.17, 15) is 14.0 Å². The van der Waals surface area contributed by atoms with Gasteiger partial charge in [0.25, 0.3) is 5.91 Å². The van der Waals surface area contributed by atoms with Crippen LogP contribution in [-0.4, -0.2) is 47.2 Å². The Bertz CT molecular complexity index is 368. The van der Waals surface area contributed by atoms with Crippen LogP contribution >= 0.6 is 0 Å². The number of rotatable bonds is 2. The summed E-state index contributed by atoms with van der Waals surface area (Å²) in [4.78, 5) is 24.0. The second-order valence-corrected chi connectivity index (χ2v) is 4.23. The van der Waals surface area contributed by atoms with Gasteiger partial charge in [-0.25, -0.2) is 9.18 Å². The van der Waals surface area contributed by atoms with Crippen molar-refractivity contribution in [1.82, 2.24) is 4.90 Å². The summed E-state index contributed by atoms with van der Waals surface area (Å²) in [6.45, 7) is 0.431. The average molecular weight is 243 g/mol. The molecule has 0 spiro atoms. The quantitative estimate of drug-likeness (QED) is 0.775. The van der Waals surface area contributed by atoms with E-state index in [0.717, 1.165) is 0 Å². The molecule has 1 amide bonds. The van der Waals surface area contributed by atoms with E-state index in [1.807, 2.05) is 0 Å². The Morgan fingerprint density at radius 3 is 2.71 bits per heavy atom. The van der Waals surface area contributed by atoms with Crippen LogP contribution in [0.25, 0.3) is 0 Å². The summed E-state index contributed by atoms with van der Waals surface area (Å²) >= 11 is 0. The standard InChI is InChI=1S/C11H14FNO4/c12-7-2-1-5-13(6-7)10(14)8-3-4-9(17-8)11(15)16/h2,8-9H,1,3-6H2,(H,15,16)/t8-,9+/m0/s1. The Morgan fingerprint density at radius 2 is 2.12 bits per heavy atom. The molecule has 6 heteroatoms. The molecule has 17 heavy (non-hydrogen) atoms. The van der Waals surface area contributed by atoms with Crippen LogP contribution in [0.3, 0.4) is 0 Å². The number of ether oxygens (including phenoxy) is 1. The number of carboxylic acid groups (broad SMARTS) is 1. The summed E-state index contributed by atoms with van der Waals surface area (Å²) in [5.74, 6) is -1.68. The van der Waals surface area contributed by atoms with Gasteiger partial charge in [0.05, 0.1) is 6.54 Å². The summed E-state index contributed by atoms with van der Waals surface area (Å²) < 4.78 is 18.2. The molecule has 1 saturated heterocycles. The molecule has 2 heterocycles. The highest BCUT2D eigenvalue weighted by Crippen LogP contribution is 2.23. The smallest absolute Gasteiger partial charge is 0.332 e. The lowest BCUT2D eigenvalue weighted by molar-refractivity contribution is -0.154. The third kappa shape index (κ3) is 2.63. The number of amides is 1. The van der Waals surface area contributed by atoms with E-state index in [-0.39, 0.29) is 18.3 Å². The number of nitrogens with zero attached hydrogens (tertiary/aromatic N) is 1. The van der Waals surface area contributed by atoms with Crippen LogP contribution in [0.5, 0.6) is 0 Å². The number of carbonyl (C=O) groups excluding carboxylic acids is 1. The second kappa shape index (κ2) is 4.83. The van der Waals surface area contributed by atoms with Gasteiger partial charge < -0.3 is 14.7 Å². The normalized spacial score (nSPS) is 29.0. The molecule has 1 fully saturated rings. The largest absolute Gasteiger partial charge is 0.479 e. The van der Waals surface area contributed by atoms with Gasteiger partial charge in [-0.3, -0.25) is 4.79 Å². The Balaban J connectivity index is 1.93. The predicted octanol–water partition coefficient (Wildman–Crippen LogP) is 0.704. The zero-order valence-electron chi connectivity index (χ0n) is 9.26. The lowest BCUT2D eigenvalue weighted by atomic mass is 10.1. The first-order chi connectivity index (χ1) is 8.08. The van der Waals surface area contributed by atoms with Gasteiger partial charge in [-0.1, -0.05) is 0 Å². The molecular weight excluding hydrogens is 229 g/mol. The topological polar surface area (TPSA) is 66.8 Å². The maximum Gasteiger partial charge on any atom is 0.332 e. The molecule has 94 valence electrons. The highest BCUT2D eigenvalue weighted by Gasteiger charge is 2.37. The van der Waals surface area contributed by atoms with Crippen molar-refractivity contribution in [3.63, 3.8) is 0 Å². The molecule has 0 aliphatic carbocycles. The Labute approximate surface area is 97.8 Å². The van der Waals surface area contributed by atoms with Gasteiger partial charge in [-0.15, -0.1) is 0 Å². The van der Waals surface area contributed by atoms with Crippen LogP contribution in [0.4, 0.5) is 4.39 Å². The zero-order valence-corrected chi connectivity index (χ0v) is 9.26. The van der Waals surface area contributed by atoms with Crippen molar-refractivity contribution in [3.8, 4) is 0 Å². The average Bonchev–Trinajstić information content (AvgIpc) is 2.77. The zero-order chi connectivity index (χ0) is 12.4. The van der Waals surface area contributed by atoms with Crippen molar-refractivity contribution in [2.75, 3.05) is 13.1 Å². The minimum absolute atomic E-state index is 0.0313. The van der Waals surface area contributed by atoms with E-state index in [1.54, 1.807) is 0 Å². The molecule has 2 atom stereocenters. The number of hydrogen-bond acceptors (Lipinski definition) is 3. The molecule has 2 rings (SSSR count). The van der Waals surface area contributed by atoms with Crippen LogP contribution in [0.2, 0.25) is 0 Å². The van der Waals surface area contributed by atoms with Crippen LogP contribution in [0, 0.1) is 0 Å². The summed E-state index contributed by atoms with van der Waals surface area (Å²) in [5.41, 5.74) is 0. The third-order valence-corrected chi connectivity index (χ3v) is 2.99. The predicted molar refractivity (Wildman–Crippen MR) is 55.9 cm³/mol. The van der Waals surface area contributed by atoms with Crippen LogP contribution in [-0.2, 0) is 14.3 Å². The van der Waals surface area contributed by atoms with Gasteiger partial charge in [0.15, 0.2) is 6.10 Å². The third-order valence-electron chi connectivity index (χ3n) is 2.99. The molecule has 5 nitrogen and oxygen atoms in total. The van der Waals surface area contributed by atoms with E-state index in [1.165, 1.54) is 11.0 Å². The van der Waals surface area contributed by atoms with E-state index in [4.69, 9.17) is 9.84 Å². The van der Waals surface area contributed by atoms with Crippen LogP contribution < -0.4 is 0 Å². The van der Waals surface area contributed by atoms with Crippen molar-refractivity contribution >= 4 is 11.9 Å². The van der Waals surface area contributed by atoms with Gasteiger partial charge in [-0.2, -0.15) is 0 Å². The summed E-state index contributed by atoms with van der Waals surface area (Å²) in [6.07, 6.45) is 1.03. The van der Waals surface area contributed by atoms with Crippen molar-refractivity contribution in [1.29, 1.82) is 0 Å². The molecule has 2 aliphatic rings. The minimum Gasteiger partial charge on any atom is -0.479 e. The number of carbonyl (C=O) groups is 2. The minimum atomic E-state index is -1.05. The molecule has 2 aliphatic heterocycles. The summed E-state index contributed by atoms with van der Waals surface area (Å²) in [7, 11) is 0. The summed E-state index contributed by atoms with van der Waals surface area (Å²) in [5, 5.41) is 8.75. The fourth-order valence-corrected chi connectivity index (χ4v) is 2.10. The highest BCUT2D eigenvalue weighted by molar-refractivity contribution is 5.83. The first-order valence-corrected chi connectivity index (χ1v) is 5.59. The van der Waals surface area contributed by atoms with Gasteiger partial charge >= 0.3 is 5.97 Å². The molecule has 0 radical (unpaired) electrons. The lowest BCUT2D eigenvalue weighted by Gasteiger charge is -2.26. The van der Waals surface area contributed by atoms with Gasteiger partial charge in [0, 0.05) is 6.54 Å². The van der Waals surface area contributed by atoms with E-state index >= 15 is 0 Å². The first-order valence-electron chi connectivity index (χ1n) is 5.59. The number of aliphatic carboxylic acids is 1. The van der Waals surface area contributed by atoms with Gasteiger partial charge in [-0.05, 0) is 25.3 Å². The number of carboxylic acids is 1. The molecule has 0 aromatic heterocycles. The molecule has 0 aromatic carbocycles. The monoisotopic (exact) mass is 243 g/mol. The molecular formula is C11H14FNO4. The van der Waals surface area contributed by atoms with Gasteiger partial charge in [0.1, 0.15) is 11.9 Å². The van der Waals surface area contributed by atoms with Crippen LogP contribution in [0.15, 0.2) is 11.9 Å². The highest BCUT2D eigenvalue weighted by atomic mass is 19.1. The molecule has 0 aromatic rings. The Morgan fingerprint density at radius 1 is 1.41 bits per heavy atom. The maximum absolute atomic E-state index is 13.0. The van der Waals surface area contributed by atoms with Crippen molar-refractivity contribution in [3.05, 3.63) is 11.9 Å². The van der Waals surface area contributed by atoms with E-state index in [0.29, 0.717) is 25.8 Å². The van der Waals surface area contributed by atoms with Crippen molar-refractivity contribution < 1.29 is 23.8 Å². The fourth-order valence-electron chi connectivity index (χ4n) is 2.10. The number of halogens is 1. The second-order valence-electron chi connectivity index (χ2n) is 4.23. The molecule has 0 unspecified atom stereocenters. The lowest BCUT2D eigenvalue weighted by Crippen LogP contribution is -2.42. The van der Waals surface area contributed by atoms with Gasteiger partial charge in [0.2, 0.25) is 0 Å². The Hall–Kier alpha value is -1.43. The Kier molecular flexibility index (Phi) is 3.42. The molecule has 0 bridgehead atoms. The van der Waals surface area contributed by atoms with Crippen LogP contribution in [0.1, 0.15) is 19.3 Å². The maximum atomic E-state index is 13.0. The fraction of sp³-hybridized carbons (Fsp3) is 0.636. The first kappa shape index (κ1) is 12.0. The van der Waals surface area contributed by atoms with Crippen molar-refractivity contribution in [2.45, 2.75) is 31.5 Å². The molecule has 0 saturated carbocycles. The van der Waals surface area contributed by atoms with E-state index < -0.39 is 18.2 Å².